The molecule has 1 aromatic heterocycles. The summed E-state index contributed by atoms with van der Waals surface area (Å²) in [7, 11) is 0. The van der Waals surface area contributed by atoms with Crippen molar-refractivity contribution in [3.05, 3.63) is 125 Å². The van der Waals surface area contributed by atoms with E-state index in [0.717, 1.165) is 16.9 Å². The van der Waals surface area contributed by atoms with E-state index in [9.17, 15) is 4.79 Å². The first kappa shape index (κ1) is 25.3. The number of benzene rings is 3. The van der Waals surface area contributed by atoms with E-state index in [1.54, 1.807) is 16.3 Å². The third kappa shape index (κ3) is 5.52. The van der Waals surface area contributed by atoms with E-state index in [1.165, 1.54) is 5.56 Å². The molecule has 0 amide bonds. The summed E-state index contributed by atoms with van der Waals surface area (Å²) in [5.74, 6) is 1.21. The molecule has 0 N–H and O–H groups in total. The smallest absolute Gasteiger partial charge is 0.267 e. The lowest BCUT2D eigenvalue weighted by Crippen LogP contribution is -2.29. The maximum absolute atomic E-state index is 14.3. The van der Waals surface area contributed by atoms with Crippen molar-refractivity contribution in [3.8, 4) is 17.1 Å². The molecule has 0 fully saturated rings. The van der Waals surface area contributed by atoms with E-state index in [1.807, 2.05) is 72.8 Å². The maximum atomic E-state index is 14.3. The number of rotatable bonds is 9. The zero-order chi connectivity index (χ0) is 25.5. The summed E-state index contributed by atoms with van der Waals surface area (Å²) in [6, 6.07) is 27.8. The van der Waals surface area contributed by atoms with Crippen LogP contribution in [0.2, 0.25) is 0 Å². The predicted octanol–water partition coefficient (Wildman–Crippen LogP) is 7.30. The largest absolute Gasteiger partial charge is 0.322 e. The summed E-state index contributed by atoms with van der Waals surface area (Å²) in [6.07, 6.45) is 7.88. The Morgan fingerprint density at radius 2 is 1.64 bits per heavy atom. The van der Waals surface area contributed by atoms with Gasteiger partial charge in [0.15, 0.2) is 0 Å². The number of hydrogen-bond acceptors (Lipinski definition) is 4. The van der Waals surface area contributed by atoms with E-state index >= 15 is 0 Å². The van der Waals surface area contributed by atoms with Gasteiger partial charge in [-0.2, -0.15) is 11.8 Å². The van der Waals surface area contributed by atoms with Gasteiger partial charge >= 0.3 is 0 Å². The van der Waals surface area contributed by atoms with Crippen LogP contribution in [-0.2, 0) is 0 Å². The van der Waals surface area contributed by atoms with E-state index in [4.69, 9.17) is 4.98 Å². The van der Waals surface area contributed by atoms with Gasteiger partial charge in [0.1, 0.15) is 11.6 Å². The lowest BCUT2D eigenvalue weighted by Gasteiger charge is -2.26. The van der Waals surface area contributed by atoms with Crippen LogP contribution < -0.4 is 10.5 Å². The third-order valence-electron chi connectivity index (χ3n) is 5.96. The van der Waals surface area contributed by atoms with Gasteiger partial charge in [0, 0.05) is 23.0 Å². The highest BCUT2D eigenvalue weighted by Crippen LogP contribution is 2.30. The molecule has 4 aromatic rings. The normalized spacial score (nSPS) is 12.0. The van der Waals surface area contributed by atoms with Crippen molar-refractivity contribution in [2.75, 3.05) is 17.7 Å². The average molecular weight is 494 g/mol. The van der Waals surface area contributed by atoms with Crippen LogP contribution in [0.5, 0.6) is 0 Å². The van der Waals surface area contributed by atoms with Gasteiger partial charge in [-0.15, -0.1) is 6.58 Å². The highest BCUT2D eigenvalue weighted by atomic mass is 32.2. The van der Waals surface area contributed by atoms with Crippen LogP contribution in [0.25, 0.3) is 23.2 Å². The molecule has 0 bridgehead atoms. The fourth-order valence-electron chi connectivity index (χ4n) is 3.95. The van der Waals surface area contributed by atoms with Gasteiger partial charge in [-0.1, -0.05) is 78.4 Å². The highest BCUT2D eigenvalue weighted by molar-refractivity contribution is 7.99. The monoisotopic (exact) mass is 493 g/mol. The minimum absolute atomic E-state index is 0.115. The van der Waals surface area contributed by atoms with Crippen LogP contribution in [0.1, 0.15) is 18.1 Å². The second-order valence-corrected chi connectivity index (χ2v) is 9.76. The number of nitrogens with zero attached hydrogens (tertiary/aromatic N) is 3. The summed E-state index contributed by atoms with van der Waals surface area (Å²) in [5.41, 5.74) is 4.20. The van der Waals surface area contributed by atoms with Gasteiger partial charge in [-0.05, 0) is 50.4 Å². The average Bonchev–Trinajstić information content (AvgIpc) is 2.92. The summed E-state index contributed by atoms with van der Waals surface area (Å²) >= 11 is 1.73. The Morgan fingerprint density at radius 3 is 2.25 bits per heavy atom. The van der Waals surface area contributed by atoms with Gasteiger partial charge in [-0.3, -0.25) is 9.36 Å². The van der Waals surface area contributed by atoms with Gasteiger partial charge < -0.3 is 4.90 Å². The Morgan fingerprint density at radius 1 is 1.00 bits per heavy atom. The molecule has 36 heavy (non-hydrogen) atoms. The highest BCUT2D eigenvalue weighted by Gasteiger charge is 2.22. The third-order valence-corrected chi connectivity index (χ3v) is 6.86. The molecule has 1 atom stereocenters. The zero-order valence-corrected chi connectivity index (χ0v) is 21.8. The fourth-order valence-corrected chi connectivity index (χ4v) is 4.19. The molecule has 0 radical (unpaired) electrons. The van der Waals surface area contributed by atoms with Crippen LogP contribution in [-0.4, -0.2) is 27.6 Å². The van der Waals surface area contributed by atoms with E-state index in [0.29, 0.717) is 23.8 Å². The Labute approximate surface area is 217 Å². The topological polar surface area (TPSA) is 38.1 Å². The summed E-state index contributed by atoms with van der Waals surface area (Å²) in [4.78, 5) is 21.5. The molecule has 0 saturated carbocycles. The Kier molecular flexibility index (Phi) is 8.24. The minimum Gasteiger partial charge on any atom is -0.322 e. The standard InChI is InChI=1S/C31H31N3OS/c1-5-22-33(26-19-16-23(2)17-20-26)30-28(21-18-24(3)36-4)31(35)34(27-14-10-7-11-15-27)29(32-30)25-12-8-6-9-13-25/h5-21,24H,1,22H2,2-4H3/b21-18+/t24-/m1/s1. The van der Waals surface area contributed by atoms with Crippen LogP contribution in [0.3, 0.4) is 0 Å². The SMILES string of the molecule is C=CCN(c1ccc(C)cc1)c1nc(-c2ccccc2)n(-c2ccccc2)c(=O)c1/C=C/[C@@H](C)SC. The minimum atomic E-state index is -0.115. The van der Waals surface area contributed by atoms with Crippen molar-refractivity contribution < 1.29 is 0 Å². The second-order valence-electron chi connectivity index (χ2n) is 8.55. The molecule has 0 aliphatic carbocycles. The van der Waals surface area contributed by atoms with E-state index < -0.39 is 0 Å². The van der Waals surface area contributed by atoms with Crippen molar-refractivity contribution in [2.45, 2.75) is 19.1 Å². The van der Waals surface area contributed by atoms with Gasteiger partial charge in [0.05, 0.1) is 11.3 Å². The predicted molar refractivity (Wildman–Crippen MR) is 156 cm³/mol. The van der Waals surface area contributed by atoms with Crippen LogP contribution in [0.15, 0.2) is 108 Å². The first-order valence-corrected chi connectivity index (χ1v) is 13.3. The van der Waals surface area contributed by atoms with Crippen molar-refractivity contribution >= 4 is 29.3 Å². The number of thioether (sulfide) groups is 1. The number of aryl methyl sites for hydroxylation is 1. The number of hydrogen-bond donors (Lipinski definition) is 0. The number of anilines is 2. The molecular weight excluding hydrogens is 462 g/mol. The molecular formula is C31H31N3OS. The number of para-hydroxylation sites is 1. The van der Waals surface area contributed by atoms with Crippen molar-refractivity contribution in [1.82, 2.24) is 9.55 Å². The lowest BCUT2D eigenvalue weighted by atomic mass is 10.1. The molecule has 3 aromatic carbocycles. The first-order chi connectivity index (χ1) is 17.5. The molecule has 4 rings (SSSR count). The molecule has 5 heteroatoms. The summed E-state index contributed by atoms with van der Waals surface area (Å²) in [5, 5.41) is 0.253. The Hall–Kier alpha value is -3.83. The zero-order valence-electron chi connectivity index (χ0n) is 21.0. The van der Waals surface area contributed by atoms with E-state index in [-0.39, 0.29) is 10.8 Å². The van der Waals surface area contributed by atoms with Crippen molar-refractivity contribution in [2.24, 2.45) is 0 Å². The Bertz CT molecular complexity index is 1390. The van der Waals surface area contributed by atoms with Gasteiger partial charge in [0.25, 0.3) is 5.56 Å². The van der Waals surface area contributed by atoms with E-state index in [2.05, 4.69) is 61.9 Å². The molecule has 1 heterocycles. The van der Waals surface area contributed by atoms with Crippen LogP contribution in [0, 0.1) is 6.92 Å². The molecule has 0 unspecified atom stereocenters. The second kappa shape index (κ2) is 11.7. The molecule has 182 valence electrons. The molecule has 0 spiro atoms. The van der Waals surface area contributed by atoms with Crippen LogP contribution in [0.4, 0.5) is 11.5 Å². The van der Waals surface area contributed by atoms with Crippen molar-refractivity contribution in [1.29, 1.82) is 0 Å². The van der Waals surface area contributed by atoms with Gasteiger partial charge in [0.2, 0.25) is 0 Å². The summed E-state index contributed by atoms with van der Waals surface area (Å²) < 4.78 is 1.71. The molecule has 0 aliphatic heterocycles. The quantitative estimate of drug-likeness (QED) is 0.229. The molecule has 0 saturated heterocycles. The first-order valence-electron chi connectivity index (χ1n) is 12.0. The Balaban J connectivity index is 2.07. The molecule has 0 aliphatic rings. The van der Waals surface area contributed by atoms with Crippen LogP contribution >= 0.6 is 11.8 Å². The maximum Gasteiger partial charge on any atom is 0.267 e. The fraction of sp³-hybridized carbons (Fsp3) is 0.161. The number of aromatic nitrogens is 2. The molecule has 4 nitrogen and oxygen atoms in total. The lowest BCUT2D eigenvalue weighted by molar-refractivity contribution is 0.920. The van der Waals surface area contributed by atoms with Crippen molar-refractivity contribution in [3.63, 3.8) is 0 Å². The van der Waals surface area contributed by atoms with Gasteiger partial charge in [-0.25, -0.2) is 4.98 Å². The summed E-state index contributed by atoms with van der Waals surface area (Å²) in [6.45, 7) is 8.67.